The molecule has 8 heteroatoms. The van der Waals surface area contributed by atoms with E-state index in [1.54, 1.807) is 24.3 Å². The molecular weight excluding hydrogens is 325 g/mol. The van der Waals surface area contributed by atoms with E-state index in [2.05, 4.69) is 0 Å². The maximum absolute atomic E-state index is 12.7. The Bertz CT molecular complexity index is 534. The average molecular weight is 350 g/mol. The van der Waals surface area contributed by atoms with Gasteiger partial charge in [-0.2, -0.15) is 0 Å². The Balaban J connectivity index is 0. The molecule has 0 N–H and O–H groups in total. The van der Waals surface area contributed by atoms with Gasteiger partial charge in [0.2, 0.25) is 0 Å². The van der Waals surface area contributed by atoms with Crippen LogP contribution in [-0.2, 0) is 29.4 Å². The molecule has 0 bridgehead atoms. The van der Waals surface area contributed by atoms with E-state index in [1.165, 1.54) is 0 Å². The Hall–Kier alpha value is -0.480. The molecule has 0 aromatic heterocycles. The molecule has 0 spiro atoms. The van der Waals surface area contributed by atoms with E-state index in [9.17, 15) is 14.2 Å². The average Bonchev–Trinajstić information content (AvgIpc) is 2.39. The second kappa shape index (κ2) is 12.0. The molecule has 1 atom stereocenters. The zero-order valence-electron chi connectivity index (χ0n) is 12.6. The van der Waals surface area contributed by atoms with Gasteiger partial charge in [0.05, 0.1) is 12.1 Å². The summed E-state index contributed by atoms with van der Waals surface area (Å²) < 4.78 is 22.5. The molecule has 5 nitrogen and oxygen atoms in total. The minimum absolute atomic E-state index is 0. The summed E-state index contributed by atoms with van der Waals surface area (Å²) in [6, 6.07) is 8.84. The van der Waals surface area contributed by atoms with Gasteiger partial charge < -0.3 is 9.05 Å². The number of carbonyl (C=O) groups is 2. The van der Waals surface area contributed by atoms with Gasteiger partial charge in [-0.1, -0.05) is 44.2 Å². The first-order chi connectivity index (χ1) is 9.90. The van der Waals surface area contributed by atoms with Crippen LogP contribution < -0.4 is 0 Å². The molecule has 0 aliphatic rings. The molecule has 0 radical (unpaired) electrons. The Kier molecular flexibility index (Phi) is 12.9. The standard InChI is InChI=1S/C15H21O5P.Al.Li.4H/c1-4-14(5-2)15(17)20-21(18,19-12(3)16)11-13-9-7-6-8-10-13;;;;;;/h6-10,14H,4-5,11H2,1-3H3;;;;;;. The summed E-state index contributed by atoms with van der Waals surface area (Å²) in [7, 11) is -3.83. The van der Waals surface area contributed by atoms with Crippen LogP contribution in [0.2, 0.25) is 0 Å². The van der Waals surface area contributed by atoms with Gasteiger partial charge in [0.25, 0.3) is 0 Å². The SMILES string of the molecule is CCC(CC)C(=O)OP(=O)(Cc1ccccc1)OC(C)=O.[AlH3].[LiH]. The topological polar surface area (TPSA) is 69.7 Å². The first-order valence-electron chi connectivity index (χ1n) is 6.96. The van der Waals surface area contributed by atoms with E-state index in [1.807, 2.05) is 19.9 Å². The third kappa shape index (κ3) is 8.80. The minimum atomic E-state index is -3.83. The molecule has 124 valence electrons. The summed E-state index contributed by atoms with van der Waals surface area (Å²) in [4.78, 5) is 23.2. The Morgan fingerprint density at radius 2 is 1.61 bits per heavy atom. The van der Waals surface area contributed by atoms with Gasteiger partial charge in [0, 0.05) is 6.92 Å². The van der Waals surface area contributed by atoms with Crippen LogP contribution in [0, 0.1) is 5.92 Å². The van der Waals surface area contributed by atoms with Crippen molar-refractivity contribution >= 4 is 55.8 Å². The molecule has 23 heavy (non-hydrogen) atoms. The van der Waals surface area contributed by atoms with Gasteiger partial charge in [-0.3, -0.25) is 9.59 Å². The molecule has 1 aromatic rings. The van der Waals surface area contributed by atoms with Gasteiger partial charge in [0.1, 0.15) is 0 Å². The van der Waals surface area contributed by atoms with E-state index in [4.69, 9.17) is 9.05 Å². The Morgan fingerprint density at radius 1 is 1.09 bits per heavy atom. The normalized spacial score (nSPS) is 12.3. The van der Waals surface area contributed by atoms with Gasteiger partial charge in [-0.05, 0) is 18.4 Å². The molecule has 1 aromatic carbocycles. The Labute approximate surface area is 160 Å². The summed E-state index contributed by atoms with van der Waals surface area (Å²) in [5.74, 6) is -1.66. The zero-order valence-corrected chi connectivity index (χ0v) is 13.5. The van der Waals surface area contributed by atoms with Gasteiger partial charge >= 0.3 is 38.4 Å². The van der Waals surface area contributed by atoms with Crippen molar-refractivity contribution in [1.29, 1.82) is 0 Å². The van der Waals surface area contributed by atoms with Crippen molar-refractivity contribution in [1.82, 2.24) is 0 Å². The van der Waals surface area contributed by atoms with Crippen LogP contribution in [0.3, 0.4) is 0 Å². The third-order valence-electron chi connectivity index (χ3n) is 3.03. The molecule has 0 aliphatic heterocycles. The first kappa shape index (κ1) is 24.8. The van der Waals surface area contributed by atoms with Crippen molar-refractivity contribution in [3.05, 3.63) is 35.9 Å². The van der Waals surface area contributed by atoms with Crippen molar-refractivity contribution in [3.63, 3.8) is 0 Å². The number of benzene rings is 1. The van der Waals surface area contributed by atoms with Crippen LogP contribution in [0.25, 0.3) is 0 Å². The second-order valence-corrected chi connectivity index (χ2v) is 6.66. The van der Waals surface area contributed by atoms with E-state index in [0.717, 1.165) is 6.92 Å². The summed E-state index contributed by atoms with van der Waals surface area (Å²) in [5.41, 5.74) is 0.680. The monoisotopic (exact) mass is 350 g/mol. The van der Waals surface area contributed by atoms with Crippen molar-refractivity contribution in [2.24, 2.45) is 5.92 Å². The summed E-state index contributed by atoms with van der Waals surface area (Å²) in [6.07, 6.45) is 1.06. The fourth-order valence-corrected chi connectivity index (χ4v) is 3.56. The summed E-state index contributed by atoms with van der Waals surface area (Å²) in [6.45, 7) is 4.84. The fraction of sp³-hybridized carbons (Fsp3) is 0.467. The predicted molar refractivity (Wildman–Crippen MR) is 96.8 cm³/mol. The molecule has 1 unspecified atom stereocenters. The number of hydrogen-bond acceptors (Lipinski definition) is 5. The molecular formula is C15H25AlLiO5P. The second-order valence-electron chi connectivity index (χ2n) is 4.76. The molecule has 1 rings (SSSR count). The van der Waals surface area contributed by atoms with Crippen LogP contribution in [-0.4, -0.2) is 48.2 Å². The van der Waals surface area contributed by atoms with Crippen LogP contribution in [0.5, 0.6) is 0 Å². The van der Waals surface area contributed by atoms with E-state index in [-0.39, 0.29) is 48.3 Å². The van der Waals surface area contributed by atoms with Crippen LogP contribution in [0.1, 0.15) is 39.2 Å². The number of carbonyl (C=O) groups excluding carboxylic acids is 2. The van der Waals surface area contributed by atoms with Crippen molar-refractivity contribution in [2.75, 3.05) is 0 Å². The molecule has 0 saturated heterocycles. The van der Waals surface area contributed by atoms with Crippen molar-refractivity contribution in [2.45, 2.75) is 39.8 Å². The predicted octanol–water partition coefficient (Wildman–Crippen LogP) is 2.09. The van der Waals surface area contributed by atoms with E-state index in [0.29, 0.717) is 18.4 Å². The van der Waals surface area contributed by atoms with Crippen molar-refractivity contribution < 1.29 is 23.2 Å². The molecule has 0 fully saturated rings. The van der Waals surface area contributed by atoms with Gasteiger partial charge in [-0.25, -0.2) is 4.57 Å². The van der Waals surface area contributed by atoms with E-state index < -0.39 is 19.5 Å². The van der Waals surface area contributed by atoms with Crippen LogP contribution in [0.15, 0.2) is 30.3 Å². The maximum atomic E-state index is 12.7. The fourth-order valence-electron chi connectivity index (χ4n) is 1.92. The number of rotatable bonds is 7. The van der Waals surface area contributed by atoms with Crippen LogP contribution >= 0.6 is 7.60 Å². The molecule has 0 aliphatic carbocycles. The Morgan fingerprint density at radius 3 is 2.04 bits per heavy atom. The van der Waals surface area contributed by atoms with Gasteiger partial charge in [-0.15, -0.1) is 0 Å². The summed E-state index contributed by atoms with van der Waals surface area (Å²) >= 11 is 0. The van der Waals surface area contributed by atoms with E-state index >= 15 is 0 Å². The van der Waals surface area contributed by atoms with Crippen molar-refractivity contribution in [3.8, 4) is 0 Å². The third-order valence-corrected chi connectivity index (χ3v) is 4.78. The number of hydrogen-bond donors (Lipinski definition) is 0. The summed E-state index contributed by atoms with van der Waals surface area (Å²) in [5, 5.41) is 0. The molecule has 0 saturated carbocycles. The molecule has 0 amide bonds. The zero-order chi connectivity index (χ0) is 15.9. The first-order valence-corrected chi connectivity index (χ1v) is 8.69. The quantitative estimate of drug-likeness (QED) is 0.556. The molecule has 0 heterocycles. The van der Waals surface area contributed by atoms with Crippen LogP contribution in [0.4, 0.5) is 0 Å². The van der Waals surface area contributed by atoms with Gasteiger partial charge in [0.15, 0.2) is 17.4 Å².